The molecule has 116 valence electrons. The van der Waals surface area contributed by atoms with Crippen molar-refractivity contribution < 1.29 is 26.1 Å². The van der Waals surface area contributed by atoms with Crippen molar-refractivity contribution in [2.45, 2.75) is 18.9 Å². The molecule has 3 aliphatic rings. The fraction of sp³-hybridized carbons (Fsp3) is 0.533. The number of amides is 1. The molecule has 4 rings (SSSR count). The Morgan fingerprint density at radius 2 is 2.00 bits per heavy atom. The monoisotopic (exact) mass is 332 g/mol. The summed E-state index contributed by atoms with van der Waals surface area (Å²) < 4.78 is 14.5. The van der Waals surface area contributed by atoms with Crippen molar-refractivity contribution >= 4 is 17.5 Å². The van der Waals surface area contributed by atoms with Gasteiger partial charge in [0.05, 0.1) is 24.7 Å². The van der Waals surface area contributed by atoms with E-state index in [0.29, 0.717) is 11.9 Å². The highest BCUT2D eigenvalue weighted by Gasteiger charge is 2.45. The fourth-order valence-corrected chi connectivity index (χ4v) is 3.85. The second kappa shape index (κ2) is 6.51. The molecule has 1 N–H and O–H groups in total. The molecular weight excluding hydrogens is 314 g/mol. The van der Waals surface area contributed by atoms with Crippen LogP contribution < -0.4 is 17.7 Å². The Morgan fingerprint density at radius 3 is 2.62 bits per heavy atom. The summed E-state index contributed by atoms with van der Waals surface area (Å²) in [6.07, 6.45) is 2.18. The molecule has 1 aromatic rings. The summed E-state index contributed by atoms with van der Waals surface area (Å²) in [6, 6.07) is 6.83. The minimum absolute atomic E-state index is 0. The molecule has 1 atom stereocenters. The van der Waals surface area contributed by atoms with Gasteiger partial charge < -0.3 is 22.2 Å². The molecule has 1 aromatic carbocycles. The third kappa shape index (κ3) is 3.17. The summed E-state index contributed by atoms with van der Waals surface area (Å²) >= 11 is 6.11. The van der Waals surface area contributed by atoms with Gasteiger partial charge in [0.15, 0.2) is 6.00 Å². The maximum absolute atomic E-state index is 13.6. The van der Waals surface area contributed by atoms with E-state index in [-0.39, 0.29) is 29.9 Å². The summed E-state index contributed by atoms with van der Waals surface area (Å²) in [7, 11) is 0. The van der Waals surface area contributed by atoms with Crippen LogP contribution in [0.15, 0.2) is 24.3 Å². The molecule has 2 bridgehead atoms. The Bertz CT molecular complexity index is 518. The van der Waals surface area contributed by atoms with Gasteiger partial charge in [-0.3, -0.25) is 4.79 Å². The number of piperidine rings is 3. The van der Waals surface area contributed by atoms with Gasteiger partial charge in [0.25, 0.3) is 5.91 Å². The highest BCUT2D eigenvalue weighted by Crippen LogP contribution is 2.34. The van der Waals surface area contributed by atoms with E-state index >= 15 is 0 Å². The van der Waals surface area contributed by atoms with Gasteiger partial charge in [-0.1, -0.05) is 23.7 Å². The van der Waals surface area contributed by atoms with Crippen molar-refractivity contribution in [2.75, 3.05) is 25.6 Å². The van der Waals surface area contributed by atoms with Crippen LogP contribution in [0.2, 0.25) is 0 Å². The van der Waals surface area contributed by atoms with Crippen LogP contribution in [0.4, 0.5) is 4.39 Å². The molecule has 3 fully saturated rings. The first-order valence-corrected chi connectivity index (χ1v) is 7.63. The predicted molar refractivity (Wildman–Crippen MR) is 76.0 cm³/mol. The third-order valence-electron chi connectivity index (χ3n) is 4.79. The Hall–Kier alpha value is -0.840. The minimum Gasteiger partial charge on any atom is -1.00 e. The van der Waals surface area contributed by atoms with E-state index in [4.69, 9.17) is 11.6 Å². The standard InChI is InChI=1S/C15H18ClFN2O.ClH/c16-10-19-7-5-11(6-8-19)14(9-19)18-15(20)12-3-1-2-4-13(12)17;/h1-4,11,14H,5-10H2;1H/t11?,14-,19?;/m1./s1. The molecule has 0 aromatic heterocycles. The maximum atomic E-state index is 13.6. The number of quaternary nitrogens is 1. The van der Waals surface area contributed by atoms with Gasteiger partial charge in [-0.25, -0.2) is 4.39 Å². The van der Waals surface area contributed by atoms with Crippen molar-refractivity contribution in [3.8, 4) is 0 Å². The summed E-state index contributed by atoms with van der Waals surface area (Å²) in [6.45, 7) is 3.06. The third-order valence-corrected chi connectivity index (χ3v) is 5.30. The Morgan fingerprint density at radius 1 is 1.33 bits per heavy atom. The molecule has 1 amide bonds. The lowest BCUT2D eigenvalue weighted by molar-refractivity contribution is -0.933. The average molecular weight is 333 g/mol. The molecular formula is C15H19Cl2FN2O. The number of hydrogen-bond acceptors (Lipinski definition) is 1. The summed E-state index contributed by atoms with van der Waals surface area (Å²) in [5.41, 5.74) is 0.126. The van der Waals surface area contributed by atoms with Crippen molar-refractivity contribution in [2.24, 2.45) is 5.92 Å². The van der Waals surface area contributed by atoms with Crippen molar-refractivity contribution in [1.29, 1.82) is 0 Å². The second-order valence-electron chi connectivity index (χ2n) is 5.99. The van der Waals surface area contributed by atoms with Crippen LogP contribution in [0.25, 0.3) is 0 Å². The number of benzene rings is 1. The van der Waals surface area contributed by atoms with E-state index in [0.717, 1.165) is 37.0 Å². The topological polar surface area (TPSA) is 29.1 Å². The highest BCUT2D eigenvalue weighted by atomic mass is 35.5. The minimum atomic E-state index is -0.465. The second-order valence-corrected chi connectivity index (χ2v) is 6.23. The van der Waals surface area contributed by atoms with E-state index in [2.05, 4.69) is 5.32 Å². The molecule has 3 heterocycles. The summed E-state index contributed by atoms with van der Waals surface area (Å²) in [5, 5.41) is 3.01. The first-order valence-electron chi connectivity index (χ1n) is 7.10. The number of carbonyl (C=O) groups excluding carboxylic acids is 1. The number of fused-ring (bicyclic) bond motifs is 3. The van der Waals surface area contributed by atoms with E-state index in [1.165, 1.54) is 12.1 Å². The molecule has 0 spiro atoms. The van der Waals surface area contributed by atoms with Crippen molar-refractivity contribution in [3.05, 3.63) is 35.6 Å². The normalized spacial score (nSPS) is 30.6. The number of halogens is 3. The number of carbonyl (C=O) groups is 1. The molecule has 0 radical (unpaired) electrons. The number of alkyl halides is 1. The van der Waals surface area contributed by atoms with Gasteiger partial charge in [-0.15, -0.1) is 0 Å². The lowest BCUT2D eigenvalue weighted by atomic mass is 9.82. The van der Waals surface area contributed by atoms with Crippen LogP contribution >= 0.6 is 11.6 Å². The fourth-order valence-electron chi connectivity index (χ4n) is 3.51. The smallest absolute Gasteiger partial charge is 0.254 e. The molecule has 6 heteroatoms. The molecule has 0 saturated carbocycles. The van der Waals surface area contributed by atoms with E-state index in [1.807, 2.05) is 0 Å². The zero-order chi connectivity index (χ0) is 14.2. The molecule has 0 aliphatic carbocycles. The van der Waals surface area contributed by atoms with Crippen LogP contribution in [0, 0.1) is 11.7 Å². The van der Waals surface area contributed by atoms with E-state index < -0.39 is 5.82 Å². The first kappa shape index (κ1) is 16.5. The van der Waals surface area contributed by atoms with Gasteiger partial charge in [-0.05, 0) is 18.1 Å². The van der Waals surface area contributed by atoms with Gasteiger partial charge in [0.1, 0.15) is 12.4 Å². The highest BCUT2D eigenvalue weighted by molar-refractivity contribution is 6.17. The number of nitrogens with zero attached hydrogens (tertiary/aromatic N) is 1. The van der Waals surface area contributed by atoms with Crippen LogP contribution in [0.5, 0.6) is 0 Å². The number of rotatable bonds is 3. The van der Waals surface area contributed by atoms with Gasteiger partial charge >= 0.3 is 0 Å². The van der Waals surface area contributed by atoms with Crippen LogP contribution in [0.1, 0.15) is 23.2 Å². The maximum Gasteiger partial charge on any atom is 0.254 e. The molecule has 0 unspecified atom stereocenters. The SMILES string of the molecule is O=C(N[C@@H]1C[N+]2(CCl)CCC1CC2)c1ccccc1F.[Cl-]. The quantitative estimate of drug-likeness (QED) is 0.445. The summed E-state index contributed by atoms with van der Waals surface area (Å²) in [5.74, 6) is -0.268. The van der Waals surface area contributed by atoms with Gasteiger partial charge in [0, 0.05) is 12.8 Å². The average Bonchev–Trinajstić information content (AvgIpc) is 2.49. The Labute approximate surface area is 135 Å². The van der Waals surface area contributed by atoms with Gasteiger partial charge in [0.2, 0.25) is 0 Å². The summed E-state index contributed by atoms with van der Waals surface area (Å²) in [4.78, 5) is 12.2. The molecule has 3 saturated heterocycles. The van der Waals surface area contributed by atoms with Crippen LogP contribution in [-0.4, -0.2) is 42.1 Å². The predicted octanol–water partition coefficient (Wildman–Crippen LogP) is -0.635. The lowest BCUT2D eigenvalue weighted by Crippen LogP contribution is -3.00. The zero-order valence-corrected chi connectivity index (χ0v) is 13.2. The number of nitrogens with one attached hydrogen (secondary N) is 1. The van der Waals surface area contributed by atoms with E-state index in [9.17, 15) is 9.18 Å². The molecule has 3 nitrogen and oxygen atoms in total. The first-order chi connectivity index (χ1) is 9.63. The molecule has 21 heavy (non-hydrogen) atoms. The number of hydrogen-bond donors (Lipinski definition) is 1. The Balaban J connectivity index is 0.00000161. The van der Waals surface area contributed by atoms with Crippen LogP contribution in [0.3, 0.4) is 0 Å². The van der Waals surface area contributed by atoms with Crippen LogP contribution in [-0.2, 0) is 0 Å². The largest absolute Gasteiger partial charge is 1.00 e. The molecule has 3 aliphatic heterocycles. The van der Waals surface area contributed by atoms with Crippen molar-refractivity contribution in [1.82, 2.24) is 5.32 Å². The van der Waals surface area contributed by atoms with Crippen molar-refractivity contribution in [3.63, 3.8) is 0 Å². The lowest BCUT2D eigenvalue weighted by Gasteiger charge is -2.51. The Kier molecular flexibility index (Phi) is 5.12. The van der Waals surface area contributed by atoms with Gasteiger partial charge in [-0.2, -0.15) is 0 Å². The van der Waals surface area contributed by atoms with E-state index in [1.54, 1.807) is 12.1 Å². The zero-order valence-electron chi connectivity index (χ0n) is 11.7.